The van der Waals surface area contributed by atoms with Crippen LogP contribution in [0.2, 0.25) is 0 Å². The second-order valence-corrected chi connectivity index (χ2v) is 7.26. The Bertz CT molecular complexity index is 815. The molecule has 0 aromatic heterocycles. The minimum absolute atomic E-state index is 0.114. The van der Waals surface area contributed by atoms with Gasteiger partial charge in [-0.1, -0.05) is 36.4 Å². The van der Waals surface area contributed by atoms with Crippen molar-refractivity contribution in [2.24, 2.45) is 5.73 Å². The van der Waals surface area contributed by atoms with E-state index in [9.17, 15) is 4.79 Å². The van der Waals surface area contributed by atoms with Gasteiger partial charge in [-0.2, -0.15) is 0 Å². The Labute approximate surface area is 160 Å². The molecule has 1 fully saturated rings. The minimum Gasteiger partial charge on any atom is -0.373 e. The number of para-hydroxylation sites is 1. The number of fused-ring (bicyclic) bond motifs is 1. The van der Waals surface area contributed by atoms with E-state index >= 15 is 0 Å². The standard InChI is InChI=1S/C22H27N3O2/c23-22(26)19-7-3-5-17(21(19)25-13-11-24-12-14-25)8-9-20-18-6-2-1-4-16(18)10-15-27-20/h1-7,20,24H,8-15H2,(H2,23,26). The number of aryl methyl sites for hydroxylation is 1. The molecule has 1 amide bonds. The molecule has 0 bridgehead atoms. The van der Waals surface area contributed by atoms with Gasteiger partial charge in [-0.3, -0.25) is 4.79 Å². The van der Waals surface area contributed by atoms with Crippen LogP contribution in [0, 0.1) is 0 Å². The summed E-state index contributed by atoms with van der Waals surface area (Å²) in [7, 11) is 0. The third-order valence-corrected chi connectivity index (χ3v) is 5.59. The van der Waals surface area contributed by atoms with Crippen molar-refractivity contribution in [3.8, 4) is 0 Å². The van der Waals surface area contributed by atoms with E-state index in [2.05, 4.69) is 40.5 Å². The first kappa shape index (κ1) is 18.0. The number of carbonyl (C=O) groups excluding carboxylic acids is 1. The van der Waals surface area contributed by atoms with E-state index in [1.807, 2.05) is 12.1 Å². The summed E-state index contributed by atoms with van der Waals surface area (Å²) in [6.07, 6.45) is 2.86. The number of nitrogens with two attached hydrogens (primary N) is 1. The van der Waals surface area contributed by atoms with Gasteiger partial charge in [0, 0.05) is 26.2 Å². The molecule has 0 spiro atoms. The molecule has 2 aliphatic heterocycles. The second kappa shape index (κ2) is 8.11. The lowest BCUT2D eigenvalue weighted by molar-refractivity contribution is 0.0368. The molecule has 0 radical (unpaired) electrons. The zero-order chi connectivity index (χ0) is 18.6. The molecule has 5 heteroatoms. The summed E-state index contributed by atoms with van der Waals surface area (Å²) in [5.41, 5.74) is 11.2. The van der Waals surface area contributed by atoms with Gasteiger partial charge in [-0.25, -0.2) is 0 Å². The predicted octanol–water partition coefficient (Wildman–Crippen LogP) is 2.44. The fourth-order valence-electron chi connectivity index (χ4n) is 4.26. The molecule has 0 saturated carbocycles. The van der Waals surface area contributed by atoms with Crippen LogP contribution in [0.25, 0.3) is 0 Å². The normalized spacial score (nSPS) is 19.6. The molecule has 2 aromatic carbocycles. The van der Waals surface area contributed by atoms with Crippen LogP contribution in [0.4, 0.5) is 5.69 Å². The van der Waals surface area contributed by atoms with Gasteiger partial charge in [-0.15, -0.1) is 0 Å². The smallest absolute Gasteiger partial charge is 0.250 e. The van der Waals surface area contributed by atoms with Gasteiger partial charge < -0.3 is 20.7 Å². The molecule has 3 N–H and O–H groups in total. The zero-order valence-electron chi connectivity index (χ0n) is 15.6. The largest absolute Gasteiger partial charge is 0.373 e. The Morgan fingerprint density at radius 3 is 2.78 bits per heavy atom. The van der Waals surface area contributed by atoms with Crippen LogP contribution in [-0.2, 0) is 17.6 Å². The first-order chi connectivity index (χ1) is 13.2. The Morgan fingerprint density at radius 1 is 1.15 bits per heavy atom. The molecule has 5 nitrogen and oxygen atoms in total. The van der Waals surface area contributed by atoms with Gasteiger partial charge in [0.15, 0.2) is 0 Å². The Balaban J connectivity index is 1.59. The van der Waals surface area contributed by atoms with Crippen molar-refractivity contribution in [1.82, 2.24) is 5.32 Å². The molecule has 1 unspecified atom stereocenters. The van der Waals surface area contributed by atoms with Crippen LogP contribution in [0.15, 0.2) is 42.5 Å². The molecule has 1 saturated heterocycles. The Hall–Kier alpha value is -2.37. The lowest BCUT2D eigenvalue weighted by Crippen LogP contribution is -2.44. The molecule has 0 aliphatic carbocycles. The first-order valence-electron chi connectivity index (χ1n) is 9.81. The summed E-state index contributed by atoms with van der Waals surface area (Å²) >= 11 is 0. The van der Waals surface area contributed by atoms with Crippen LogP contribution in [-0.4, -0.2) is 38.7 Å². The first-order valence-corrected chi connectivity index (χ1v) is 9.81. The van der Waals surface area contributed by atoms with Gasteiger partial charge in [0.1, 0.15) is 0 Å². The van der Waals surface area contributed by atoms with Gasteiger partial charge in [0.05, 0.1) is 24.0 Å². The van der Waals surface area contributed by atoms with Crippen LogP contribution in [0.3, 0.4) is 0 Å². The number of nitrogens with one attached hydrogen (secondary N) is 1. The molecule has 4 rings (SSSR count). The third-order valence-electron chi connectivity index (χ3n) is 5.59. The van der Waals surface area contributed by atoms with Crippen molar-refractivity contribution < 1.29 is 9.53 Å². The lowest BCUT2D eigenvalue weighted by atomic mass is 9.92. The molecule has 2 aliphatic rings. The number of benzene rings is 2. The third kappa shape index (κ3) is 3.84. The van der Waals surface area contributed by atoms with Crippen molar-refractivity contribution in [3.05, 3.63) is 64.7 Å². The highest BCUT2D eigenvalue weighted by Crippen LogP contribution is 2.33. The number of carbonyl (C=O) groups is 1. The lowest BCUT2D eigenvalue weighted by Gasteiger charge is -2.33. The van der Waals surface area contributed by atoms with Gasteiger partial charge >= 0.3 is 0 Å². The monoisotopic (exact) mass is 365 g/mol. The maximum absolute atomic E-state index is 12.0. The van der Waals surface area contributed by atoms with E-state index in [1.54, 1.807) is 0 Å². The fourth-order valence-corrected chi connectivity index (χ4v) is 4.26. The van der Waals surface area contributed by atoms with E-state index in [4.69, 9.17) is 10.5 Å². The molecule has 27 heavy (non-hydrogen) atoms. The highest BCUT2D eigenvalue weighted by Gasteiger charge is 2.23. The summed E-state index contributed by atoms with van der Waals surface area (Å²) in [6, 6.07) is 14.5. The SMILES string of the molecule is NC(=O)c1cccc(CCC2OCCc3ccccc32)c1N1CCNCC1. The topological polar surface area (TPSA) is 67.6 Å². The Kier molecular flexibility index (Phi) is 5.41. The van der Waals surface area contributed by atoms with Crippen LogP contribution < -0.4 is 16.0 Å². The molecular weight excluding hydrogens is 338 g/mol. The fraction of sp³-hybridized carbons (Fsp3) is 0.409. The number of piperazine rings is 1. The summed E-state index contributed by atoms with van der Waals surface area (Å²) in [4.78, 5) is 14.3. The van der Waals surface area contributed by atoms with Gasteiger partial charge in [0.25, 0.3) is 5.91 Å². The molecule has 2 aromatic rings. The average molecular weight is 365 g/mol. The minimum atomic E-state index is -0.357. The summed E-state index contributed by atoms with van der Waals surface area (Å²) in [5.74, 6) is -0.357. The number of hydrogen-bond donors (Lipinski definition) is 2. The van der Waals surface area contributed by atoms with E-state index in [-0.39, 0.29) is 12.0 Å². The number of nitrogens with zero attached hydrogens (tertiary/aromatic N) is 1. The van der Waals surface area contributed by atoms with E-state index in [1.165, 1.54) is 16.7 Å². The second-order valence-electron chi connectivity index (χ2n) is 7.26. The van der Waals surface area contributed by atoms with Crippen molar-refractivity contribution in [3.63, 3.8) is 0 Å². The number of rotatable bonds is 5. The van der Waals surface area contributed by atoms with Crippen molar-refractivity contribution in [2.75, 3.05) is 37.7 Å². The van der Waals surface area contributed by atoms with Gasteiger partial charge in [-0.05, 0) is 42.0 Å². The maximum atomic E-state index is 12.0. The predicted molar refractivity (Wildman–Crippen MR) is 107 cm³/mol. The number of primary amides is 1. The van der Waals surface area contributed by atoms with Crippen molar-refractivity contribution >= 4 is 11.6 Å². The summed E-state index contributed by atoms with van der Waals surface area (Å²) < 4.78 is 6.07. The highest BCUT2D eigenvalue weighted by atomic mass is 16.5. The number of ether oxygens (including phenoxy) is 1. The van der Waals surface area contributed by atoms with Crippen molar-refractivity contribution in [2.45, 2.75) is 25.4 Å². The Morgan fingerprint density at radius 2 is 1.96 bits per heavy atom. The van der Waals surface area contributed by atoms with Gasteiger partial charge in [0.2, 0.25) is 0 Å². The van der Waals surface area contributed by atoms with Crippen molar-refractivity contribution in [1.29, 1.82) is 0 Å². The van der Waals surface area contributed by atoms with E-state index in [0.717, 1.165) is 57.7 Å². The molecule has 142 valence electrons. The maximum Gasteiger partial charge on any atom is 0.250 e. The number of amides is 1. The number of hydrogen-bond acceptors (Lipinski definition) is 4. The summed E-state index contributed by atoms with van der Waals surface area (Å²) in [6.45, 7) is 4.39. The molecule has 2 heterocycles. The van der Waals surface area contributed by atoms with E-state index < -0.39 is 0 Å². The zero-order valence-corrected chi connectivity index (χ0v) is 15.6. The average Bonchev–Trinajstić information content (AvgIpc) is 2.72. The number of anilines is 1. The summed E-state index contributed by atoms with van der Waals surface area (Å²) in [5, 5.41) is 3.37. The van der Waals surface area contributed by atoms with E-state index in [0.29, 0.717) is 5.56 Å². The van der Waals surface area contributed by atoms with Crippen LogP contribution >= 0.6 is 0 Å². The van der Waals surface area contributed by atoms with Crippen LogP contribution in [0.5, 0.6) is 0 Å². The molecular formula is C22H27N3O2. The van der Waals surface area contributed by atoms with Crippen LogP contribution in [0.1, 0.15) is 39.6 Å². The quantitative estimate of drug-likeness (QED) is 0.854. The highest BCUT2D eigenvalue weighted by molar-refractivity contribution is 5.99. The molecule has 1 atom stereocenters.